The van der Waals surface area contributed by atoms with Crippen molar-refractivity contribution in [2.24, 2.45) is 0 Å². The molecule has 0 radical (unpaired) electrons. The minimum absolute atomic E-state index is 0.269. The van der Waals surface area contributed by atoms with E-state index >= 15 is 0 Å². The largest absolute Gasteiger partial charge is 0.495 e. The van der Waals surface area contributed by atoms with Crippen LogP contribution in [0, 0.1) is 0 Å². The average molecular weight is 302 g/mol. The van der Waals surface area contributed by atoms with Crippen molar-refractivity contribution in [2.75, 3.05) is 14.2 Å². The molecule has 2 unspecified atom stereocenters. The Balaban J connectivity index is 3.00. The number of benzene rings is 1. The lowest BCUT2D eigenvalue weighted by molar-refractivity contribution is -0.143. The summed E-state index contributed by atoms with van der Waals surface area (Å²) >= 11 is 5.95. The van der Waals surface area contributed by atoms with E-state index in [-0.39, 0.29) is 5.02 Å². The van der Waals surface area contributed by atoms with E-state index < -0.39 is 24.0 Å². The zero-order chi connectivity index (χ0) is 15.3. The Labute approximate surface area is 121 Å². The third kappa shape index (κ3) is 3.85. The van der Waals surface area contributed by atoms with Crippen LogP contribution in [0.5, 0.6) is 5.75 Å². The number of carboxylic acid groups (broad SMARTS) is 1. The zero-order valence-corrected chi connectivity index (χ0v) is 12.1. The van der Waals surface area contributed by atoms with Crippen molar-refractivity contribution in [1.29, 1.82) is 0 Å². The van der Waals surface area contributed by atoms with Gasteiger partial charge < -0.3 is 19.9 Å². The quantitative estimate of drug-likeness (QED) is 0.834. The summed E-state index contributed by atoms with van der Waals surface area (Å²) < 4.78 is 9.83. The molecule has 2 N–H and O–H groups in total. The van der Waals surface area contributed by atoms with Gasteiger partial charge in [-0.3, -0.25) is 4.79 Å². The number of ether oxygens (including phenoxy) is 2. The predicted molar refractivity (Wildman–Crippen MR) is 73.0 cm³/mol. The van der Waals surface area contributed by atoms with Crippen molar-refractivity contribution in [3.8, 4) is 5.75 Å². The van der Waals surface area contributed by atoms with Gasteiger partial charge in [-0.15, -0.1) is 0 Å². The number of carbonyl (C=O) groups excluding carboxylic acids is 1. The Morgan fingerprint density at radius 2 is 2.00 bits per heavy atom. The maximum absolute atomic E-state index is 11.7. The van der Waals surface area contributed by atoms with E-state index in [4.69, 9.17) is 21.1 Å². The highest BCUT2D eigenvalue weighted by Crippen LogP contribution is 2.27. The first kappa shape index (κ1) is 16.3. The Bertz CT molecular complexity index is 506. The molecule has 1 rings (SSSR count). The lowest BCUT2D eigenvalue weighted by Crippen LogP contribution is -2.39. The second kappa shape index (κ2) is 7.12. The van der Waals surface area contributed by atoms with Crippen LogP contribution in [0.4, 0.5) is 0 Å². The minimum atomic E-state index is -1.21. The Morgan fingerprint density at radius 3 is 2.45 bits per heavy atom. The summed E-state index contributed by atoms with van der Waals surface area (Å²) in [5.74, 6) is -1.29. The molecular formula is C13H16ClNO5. The van der Waals surface area contributed by atoms with Gasteiger partial charge >= 0.3 is 5.97 Å². The summed E-state index contributed by atoms with van der Waals surface area (Å²) in [4.78, 5) is 23.0. The highest BCUT2D eigenvalue weighted by Gasteiger charge is 2.25. The van der Waals surface area contributed by atoms with Gasteiger partial charge in [0, 0.05) is 7.11 Å². The third-order valence-electron chi connectivity index (χ3n) is 2.77. The molecule has 1 aromatic rings. The standard InChI is InChI=1S/C13H16ClNO5/c1-7(19-2)12(16)15-11(13(17)18)8-4-5-10(20-3)9(14)6-8/h4-7,11H,1-3H3,(H,15,16)(H,17,18). The molecule has 2 atom stereocenters. The molecule has 110 valence electrons. The van der Waals surface area contributed by atoms with Crippen LogP contribution in [0.3, 0.4) is 0 Å². The fourth-order valence-corrected chi connectivity index (χ4v) is 1.78. The number of hydrogen-bond acceptors (Lipinski definition) is 4. The molecule has 0 aliphatic heterocycles. The number of carboxylic acids is 1. The monoisotopic (exact) mass is 301 g/mol. The van der Waals surface area contributed by atoms with Crippen molar-refractivity contribution in [1.82, 2.24) is 5.32 Å². The normalized spacial score (nSPS) is 13.4. The van der Waals surface area contributed by atoms with Crippen LogP contribution < -0.4 is 10.1 Å². The first-order valence-corrected chi connectivity index (χ1v) is 6.18. The van der Waals surface area contributed by atoms with Crippen molar-refractivity contribution < 1.29 is 24.2 Å². The van der Waals surface area contributed by atoms with E-state index in [0.29, 0.717) is 11.3 Å². The van der Waals surface area contributed by atoms with Crippen LogP contribution in [0.25, 0.3) is 0 Å². The van der Waals surface area contributed by atoms with Gasteiger partial charge in [-0.25, -0.2) is 4.79 Å². The summed E-state index contributed by atoms with van der Waals surface area (Å²) in [5.41, 5.74) is 0.347. The van der Waals surface area contributed by atoms with E-state index in [1.165, 1.54) is 33.3 Å². The molecule has 1 aromatic carbocycles. The molecule has 0 aliphatic carbocycles. The van der Waals surface area contributed by atoms with E-state index in [1.807, 2.05) is 0 Å². The van der Waals surface area contributed by atoms with Crippen LogP contribution in [-0.4, -0.2) is 37.3 Å². The van der Waals surface area contributed by atoms with Crippen molar-refractivity contribution in [3.05, 3.63) is 28.8 Å². The SMILES string of the molecule is COc1ccc(C(NC(=O)C(C)OC)C(=O)O)cc1Cl. The maximum Gasteiger partial charge on any atom is 0.330 e. The van der Waals surface area contributed by atoms with E-state index in [2.05, 4.69) is 5.32 Å². The Morgan fingerprint density at radius 1 is 1.35 bits per heavy atom. The van der Waals surface area contributed by atoms with E-state index in [0.717, 1.165) is 0 Å². The summed E-state index contributed by atoms with van der Waals surface area (Å²) in [7, 11) is 2.82. The molecule has 20 heavy (non-hydrogen) atoms. The topological polar surface area (TPSA) is 84.9 Å². The molecular weight excluding hydrogens is 286 g/mol. The number of nitrogens with one attached hydrogen (secondary N) is 1. The number of carbonyl (C=O) groups is 2. The molecule has 0 aromatic heterocycles. The number of hydrogen-bond donors (Lipinski definition) is 2. The van der Waals surface area contributed by atoms with E-state index in [9.17, 15) is 14.7 Å². The third-order valence-corrected chi connectivity index (χ3v) is 3.06. The van der Waals surface area contributed by atoms with Crippen LogP contribution in [-0.2, 0) is 14.3 Å². The van der Waals surface area contributed by atoms with Gasteiger partial charge in [-0.1, -0.05) is 17.7 Å². The van der Waals surface area contributed by atoms with Crippen molar-refractivity contribution >= 4 is 23.5 Å². The van der Waals surface area contributed by atoms with Crippen LogP contribution in [0.15, 0.2) is 18.2 Å². The van der Waals surface area contributed by atoms with Gasteiger partial charge in [0.1, 0.15) is 11.9 Å². The summed E-state index contributed by atoms with van der Waals surface area (Å²) in [5, 5.41) is 11.9. The lowest BCUT2D eigenvalue weighted by Gasteiger charge is -2.18. The van der Waals surface area contributed by atoms with Gasteiger partial charge in [0.25, 0.3) is 0 Å². The molecule has 0 saturated heterocycles. The minimum Gasteiger partial charge on any atom is -0.495 e. The first-order chi connectivity index (χ1) is 9.40. The fraction of sp³-hybridized carbons (Fsp3) is 0.385. The molecule has 0 spiro atoms. The smallest absolute Gasteiger partial charge is 0.330 e. The summed E-state index contributed by atoms with van der Waals surface area (Å²) in [6, 6.07) is 3.31. The van der Waals surface area contributed by atoms with Crippen molar-refractivity contribution in [2.45, 2.75) is 19.1 Å². The molecule has 0 aliphatic rings. The highest BCUT2D eigenvalue weighted by atomic mass is 35.5. The molecule has 7 heteroatoms. The van der Waals surface area contributed by atoms with Crippen LogP contribution >= 0.6 is 11.6 Å². The van der Waals surface area contributed by atoms with Crippen LogP contribution in [0.2, 0.25) is 5.02 Å². The molecule has 0 saturated carbocycles. The van der Waals surface area contributed by atoms with Crippen molar-refractivity contribution in [3.63, 3.8) is 0 Å². The number of aliphatic carboxylic acids is 1. The number of methoxy groups -OCH3 is 2. The number of amides is 1. The van der Waals surface area contributed by atoms with Gasteiger partial charge in [0.2, 0.25) is 5.91 Å². The molecule has 6 nitrogen and oxygen atoms in total. The lowest BCUT2D eigenvalue weighted by atomic mass is 10.1. The van der Waals surface area contributed by atoms with Gasteiger partial charge in [-0.2, -0.15) is 0 Å². The Hall–Kier alpha value is -1.79. The van der Waals surface area contributed by atoms with Crippen LogP contribution in [0.1, 0.15) is 18.5 Å². The van der Waals surface area contributed by atoms with E-state index in [1.54, 1.807) is 6.07 Å². The predicted octanol–water partition coefficient (Wildman–Crippen LogP) is 1.63. The zero-order valence-electron chi connectivity index (χ0n) is 11.3. The summed E-state index contributed by atoms with van der Waals surface area (Å²) in [6.45, 7) is 1.52. The molecule has 0 bridgehead atoms. The van der Waals surface area contributed by atoms with Gasteiger partial charge in [0.05, 0.1) is 12.1 Å². The molecule has 1 amide bonds. The number of rotatable bonds is 6. The van der Waals surface area contributed by atoms with Gasteiger partial charge in [-0.05, 0) is 24.6 Å². The highest BCUT2D eigenvalue weighted by molar-refractivity contribution is 6.32. The first-order valence-electron chi connectivity index (χ1n) is 5.80. The Kier molecular flexibility index (Phi) is 5.79. The summed E-state index contributed by atoms with van der Waals surface area (Å²) in [6.07, 6.45) is -0.745. The average Bonchev–Trinajstić information content (AvgIpc) is 2.43. The fourth-order valence-electron chi connectivity index (χ4n) is 1.52. The second-order valence-corrected chi connectivity index (χ2v) is 4.46. The van der Waals surface area contributed by atoms with Gasteiger partial charge in [0.15, 0.2) is 6.04 Å². The second-order valence-electron chi connectivity index (χ2n) is 4.05. The maximum atomic E-state index is 11.7. The number of halogens is 1. The molecule has 0 heterocycles. The molecule has 0 fully saturated rings.